The van der Waals surface area contributed by atoms with E-state index in [1.807, 2.05) is 23.0 Å². The molecule has 2 aromatic rings. The lowest BCUT2D eigenvalue weighted by atomic mass is 10.3. The minimum atomic E-state index is 0.180. The highest BCUT2D eigenvalue weighted by atomic mass is 16.3. The van der Waals surface area contributed by atoms with Crippen molar-refractivity contribution in [1.29, 1.82) is 0 Å². The number of para-hydroxylation sites is 1. The number of benzene rings is 1. The van der Waals surface area contributed by atoms with Crippen molar-refractivity contribution in [1.82, 2.24) is 15.1 Å². The molecule has 1 heterocycles. The maximum Gasteiger partial charge on any atom is 0.0682 e. The number of aliphatic hydroxyl groups is 1. The quantitative estimate of drug-likeness (QED) is 0.703. The first-order valence-corrected chi connectivity index (χ1v) is 5.14. The van der Waals surface area contributed by atoms with E-state index in [-0.39, 0.29) is 6.61 Å². The highest BCUT2D eigenvalue weighted by molar-refractivity contribution is 5.78. The van der Waals surface area contributed by atoms with Gasteiger partial charge in [0.2, 0.25) is 0 Å². The van der Waals surface area contributed by atoms with E-state index in [2.05, 4.69) is 22.5 Å². The molecule has 0 saturated heterocycles. The van der Waals surface area contributed by atoms with E-state index in [0.29, 0.717) is 6.54 Å². The largest absolute Gasteiger partial charge is 0.395 e. The minimum Gasteiger partial charge on any atom is -0.395 e. The van der Waals surface area contributed by atoms with Crippen LogP contribution in [0.1, 0.15) is 0 Å². The molecule has 2 rings (SSSR count). The highest BCUT2D eigenvalue weighted by Crippen LogP contribution is 2.11. The molecule has 0 spiro atoms. The summed E-state index contributed by atoms with van der Waals surface area (Å²) in [5.41, 5.74) is 1.16. The van der Waals surface area contributed by atoms with E-state index in [4.69, 9.17) is 5.11 Å². The molecular weight excluding hydrogens is 190 g/mol. The fourth-order valence-electron chi connectivity index (χ4n) is 1.59. The van der Waals surface area contributed by atoms with Crippen LogP contribution in [-0.2, 0) is 6.54 Å². The number of aliphatic hydroxyl groups excluding tert-OH is 1. The van der Waals surface area contributed by atoms with Crippen LogP contribution < -0.4 is 5.32 Å². The number of aromatic nitrogens is 2. The van der Waals surface area contributed by atoms with Gasteiger partial charge in [-0.3, -0.25) is 4.68 Å². The molecule has 0 aliphatic carbocycles. The monoisotopic (exact) mass is 205 g/mol. The first kappa shape index (κ1) is 10.1. The van der Waals surface area contributed by atoms with Crippen LogP contribution in [-0.4, -0.2) is 34.6 Å². The van der Waals surface area contributed by atoms with Gasteiger partial charge in [-0.05, 0) is 6.07 Å². The SMILES string of the molecule is OCCNCCn1ncc2ccccc21. The summed E-state index contributed by atoms with van der Waals surface area (Å²) in [4.78, 5) is 0. The lowest BCUT2D eigenvalue weighted by Crippen LogP contribution is -2.23. The van der Waals surface area contributed by atoms with Crippen LogP contribution in [0.3, 0.4) is 0 Å². The van der Waals surface area contributed by atoms with Gasteiger partial charge in [-0.25, -0.2) is 0 Å². The number of hydrogen-bond donors (Lipinski definition) is 2. The molecule has 0 saturated carbocycles. The van der Waals surface area contributed by atoms with E-state index in [9.17, 15) is 0 Å². The molecule has 15 heavy (non-hydrogen) atoms. The average molecular weight is 205 g/mol. The van der Waals surface area contributed by atoms with Crippen LogP contribution in [0.25, 0.3) is 10.9 Å². The van der Waals surface area contributed by atoms with Crippen molar-refractivity contribution in [2.75, 3.05) is 19.7 Å². The molecule has 1 aromatic heterocycles. The lowest BCUT2D eigenvalue weighted by Gasteiger charge is -2.04. The lowest BCUT2D eigenvalue weighted by molar-refractivity contribution is 0.291. The molecule has 0 bridgehead atoms. The second kappa shape index (κ2) is 4.91. The van der Waals surface area contributed by atoms with Gasteiger partial charge in [-0.2, -0.15) is 5.10 Å². The summed E-state index contributed by atoms with van der Waals surface area (Å²) in [6.07, 6.45) is 1.88. The number of nitrogens with one attached hydrogen (secondary N) is 1. The Kier molecular flexibility index (Phi) is 3.32. The third-order valence-corrected chi connectivity index (χ3v) is 2.34. The van der Waals surface area contributed by atoms with Crippen LogP contribution in [0.15, 0.2) is 30.5 Å². The summed E-state index contributed by atoms with van der Waals surface area (Å²) < 4.78 is 1.97. The first-order chi connectivity index (χ1) is 7.42. The van der Waals surface area contributed by atoms with Crippen LogP contribution in [0.2, 0.25) is 0 Å². The Hall–Kier alpha value is -1.39. The summed E-state index contributed by atoms with van der Waals surface area (Å²) >= 11 is 0. The minimum absolute atomic E-state index is 0.180. The standard InChI is InChI=1S/C11H15N3O/c15-8-6-12-5-7-14-11-4-2-1-3-10(11)9-13-14/h1-4,9,12,15H,5-8H2. The Morgan fingerprint density at radius 3 is 3.00 bits per heavy atom. The van der Waals surface area contributed by atoms with Crippen molar-refractivity contribution in [3.8, 4) is 0 Å². The maximum atomic E-state index is 8.61. The molecule has 80 valence electrons. The van der Waals surface area contributed by atoms with Gasteiger partial charge < -0.3 is 10.4 Å². The number of nitrogens with zero attached hydrogens (tertiary/aromatic N) is 2. The Morgan fingerprint density at radius 2 is 2.13 bits per heavy atom. The van der Waals surface area contributed by atoms with Gasteiger partial charge in [-0.15, -0.1) is 0 Å². The van der Waals surface area contributed by atoms with E-state index in [1.54, 1.807) is 0 Å². The van der Waals surface area contributed by atoms with Gasteiger partial charge in [0, 0.05) is 18.5 Å². The molecule has 0 unspecified atom stereocenters. The van der Waals surface area contributed by atoms with Gasteiger partial charge >= 0.3 is 0 Å². The zero-order valence-electron chi connectivity index (χ0n) is 8.56. The maximum absolute atomic E-state index is 8.61. The van der Waals surface area contributed by atoms with Crippen LogP contribution >= 0.6 is 0 Å². The van der Waals surface area contributed by atoms with Crippen LogP contribution in [0, 0.1) is 0 Å². The second-order valence-electron chi connectivity index (χ2n) is 3.40. The number of hydrogen-bond acceptors (Lipinski definition) is 3. The first-order valence-electron chi connectivity index (χ1n) is 5.14. The molecule has 2 N–H and O–H groups in total. The summed E-state index contributed by atoms with van der Waals surface area (Å²) in [6, 6.07) is 8.15. The predicted molar refractivity (Wildman–Crippen MR) is 59.7 cm³/mol. The van der Waals surface area contributed by atoms with E-state index in [1.165, 1.54) is 5.39 Å². The molecule has 0 aliphatic rings. The third kappa shape index (κ3) is 2.34. The smallest absolute Gasteiger partial charge is 0.0682 e. The Labute approximate surface area is 88.5 Å². The second-order valence-corrected chi connectivity index (χ2v) is 3.40. The number of rotatable bonds is 5. The zero-order chi connectivity index (χ0) is 10.5. The van der Waals surface area contributed by atoms with Crippen LogP contribution in [0.4, 0.5) is 0 Å². The molecule has 0 fully saturated rings. The summed E-state index contributed by atoms with van der Waals surface area (Å²) in [6.45, 7) is 2.47. The molecule has 4 nitrogen and oxygen atoms in total. The van der Waals surface area contributed by atoms with Gasteiger partial charge in [0.15, 0.2) is 0 Å². The van der Waals surface area contributed by atoms with Gasteiger partial charge in [0.1, 0.15) is 0 Å². The Balaban J connectivity index is 2.02. The van der Waals surface area contributed by atoms with Crippen molar-refractivity contribution in [3.63, 3.8) is 0 Å². The third-order valence-electron chi connectivity index (χ3n) is 2.34. The topological polar surface area (TPSA) is 50.1 Å². The Morgan fingerprint density at radius 1 is 1.27 bits per heavy atom. The molecule has 4 heteroatoms. The summed E-state index contributed by atoms with van der Waals surface area (Å²) in [5.74, 6) is 0. The molecule has 1 aromatic carbocycles. The summed E-state index contributed by atoms with van der Waals surface area (Å²) in [5, 5.41) is 17.2. The molecule has 0 amide bonds. The van der Waals surface area contributed by atoms with E-state index in [0.717, 1.165) is 18.6 Å². The van der Waals surface area contributed by atoms with Crippen molar-refractivity contribution >= 4 is 10.9 Å². The van der Waals surface area contributed by atoms with E-state index >= 15 is 0 Å². The average Bonchev–Trinajstić information content (AvgIpc) is 2.68. The highest BCUT2D eigenvalue weighted by Gasteiger charge is 1.99. The molecule has 0 radical (unpaired) electrons. The Bertz CT molecular complexity index is 424. The van der Waals surface area contributed by atoms with Gasteiger partial charge in [-0.1, -0.05) is 18.2 Å². The predicted octanol–water partition coefficient (Wildman–Crippen LogP) is 0.618. The molecular formula is C11H15N3O. The van der Waals surface area contributed by atoms with E-state index < -0.39 is 0 Å². The van der Waals surface area contributed by atoms with Gasteiger partial charge in [0.25, 0.3) is 0 Å². The van der Waals surface area contributed by atoms with Crippen LogP contribution in [0.5, 0.6) is 0 Å². The normalized spacial score (nSPS) is 11.0. The van der Waals surface area contributed by atoms with Crippen molar-refractivity contribution in [2.45, 2.75) is 6.54 Å². The fourth-order valence-corrected chi connectivity index (χ4v) is 1.59. The van der Waals surface area contributed by atoms with Crippen molar-refractivity contribution in [2.24, 2.45) is 0 Å². The van der Waals surface area contributed by atoms with Crippen molar-refractivity contribution < 1.29 is 5.11 Å². The summed E-state index contributed by atoms with van der Waals surface area (Å²) in [7, 11) is 0. The molecule has 0 atom stereocenters. The van der Waals surface area contributed by atoms with Gasteiger partial charge in [0.05, 0.1) is 24.9 Å². The fraction of sp³-hybridized carbons (Fsp3) is 0.364. The number of fused-ring (bicyclic) bond motifs is 1. The molecule has 0 aliphatic heterocycles. The zero-order valence-corrected chi connectivity index (χ0v) is 8.56. The van der Waals surface area contributed by atoms with Crippen molar-refractivity contribution in [3.05, 3.63) is 30.5 Å².